The monoisotopic (exact) mass is 477 g/mol. The minimum absolute atomic E-state index is 0.00500. The number of halogens is 2. The molecule has 0 aliphatic rings. The summed E-state index contributed by atoms with van der Waals surface area (Å²) in [6, 6.07) is 11.1. The Morgan fingerprint density at radius 3 is 2.56 bits per heavy atom. The summed E-state index contributed by atoms with van der Waals surface area (Å²) in [7, 11) is 0. The van der Waals surface area contributed by atoms with Gasteiger partial charge in [0, 0.05) is 11.5 Å². The van der Waals surface area contributed by atoms with Gasteiger partial charge in [-0.3, -0.25) is 0 Å². The first kappa shape index (κ1) is 23.6. The fourth-order valence-electron chi connectivity index (χ4n) is 3.03. The average molecular weight is 478 g/mol. The molecule has 7 nitrogen and oxygen atoms in total. The molecule has 0 aliphatic heterocycles. The van der Waals surface area contributed by atoms with Crippen LogP contribution in [0.4, 0.5) is 4.79 Å². The number of benzene rings is 2. The quantitative estimate of drug-likeness (QED) is 0.277. The van der Waals surface area contributed by atoms with Gasteiger partial charge in [0.05, 0.1) is 5.02 Å². The maximum Gasteiger partial charge on any atom is 0.408 e. The number of fused-ring (bicyclic) bond motifs is 1. The van der Waals surface area contributed by atoms with E-state index in [0.717, 1.165) is 5.56 Å². The number of esters is 1. The molecule has 0 saturated carbocycles. The van der Waals surface area contributed by atoms with E-state index in [4.69, 9.17) is 37.1 Å². The van der Waals surface area contributed by atoms with E-state index < -0.39 is 23.7 Å². The van der Waals surface area contributed by atoms with Crippen LogP contribution in [-0.2, 0) is 16.1 Å². The van der Waals surface area contributed by atoms with Crippen LogP contribution in [-0.4, -0.2) is 18.1 Å². The largest absolute Gasteiger partial charge is 0.445 e. The van der Waals surface area contributed by atoms with E-state index in [9.17, 15) is 14.4 Å². The minimum Gasteiger partial charge on any atom is -0.445 e. The number of carbonyl (C=O) groups is 2. The van der Waals surface area contributed by atoms with Gasteiger partial charge in [-0.25, -0.2) is 14.4 Å². The van der Waals surface area contributed by atoms with Crippen molar-refractivity contribution in [2.24, 2.45) is 0 Å². The molecular formula is C23H21Cl2NO6. The number of carbonyl (C=O) groups excluding carboxylic acids is 2. The normalized spacial score (nSPS) is 11.8. The number of ether oxygens (including phenoxy) is 2. The van der Waals surface area contributed by atoms with Gasteiger partial charge < -0.3 is 19.2 Å². The highest BCUT2D eigenvalue weighted by atomic mass is 35.5. The molecule has 0 unspecified atom stereocenters. The van der Waals surface area contributed by atoms with Crippen LogP contribution in [0, 0.1) is 6.92 Å². The van der Waals surface area contributed by atoms with Gasteiger partial charge in [-0.2, -0.15) is 0 Å². The van der Waals surface area contributed by atoms with Gasteiger partial charge in [-0.05, 0) is 30.5 Å². The van der Waals surface area contributed by atoms with Crippen LogP contribution in [0.1, 0.15) is 30.9 Å². The van der Waals surface area contributed by atoms with Crippen molar-refractivity contribution in [2.45, 2.75) is 39.3 Å². The second-order valence-electron chi connectivity index (χ2n) is 7.08. The van der Waals surface area contributed by atoms with Gasteiger partial charge in [-0.1, -0.05) is 66.9 Å². The summed E-state index contributed by atoms with van der Waals surface area (Å²) < 4.78 is 15.8. The summed E-state index contributed by atoms with van der Waals surface area (Å²) in [5.41, 5.74) is 0.788. The molecule has 32 heavy (non-hydrogen) atoms. The van der Waals surface area contributed by atoms with Gasteiger partial charge in [0.15, 0.2) is 5.75 Å². The fourth-order valence-corrected chi connectivity index (χ4v) is 3.37. The molecule has 0 bridgehead atoms. The molecule has 1 amide bonds. The molecule has 2 aromatic carbocycles. The van der Waals surface area contributed by atoms with Crippen LogP contribution in [0.25, 0.3) is 11.0 Å². The zero-order valence-electron chi connectivity index (χ0n) is 17.4. The van der Waals surface area contributed by atoms with Crippen molar-refractivity contribution in [3.8, 4) is 5.75 Å². The first-order valence-corrected chi connectivity index (χ1v) is 10.7. The highest BCUT2D eigenvalue weighted by Crippen LogP contribution is 2.33. The maximum absolute atomic E-state index is 12.7. The smallest absolute Gasteiger partial charge is 0.408 e. The van der Waals surface area contributed by atoms with Crippen molar-refractivity contribution in [3.05, 3.63) is 74.1 Å². The minimum atomic E-state index is -0.950. The summed E-state index contributed by atoms with van der Waals surface area (Å²) in [6.07, 6.45) is 0.190. The van der Waals surface area contributed by atoms with Crippen molar-refractivity contribution in [1.29, 1.82) is 0 Å². The molecule has 1 atom stereocenters. The third kappa shape index (κ3) is 5.60. The standard InChI is InChI=1S/C23H21Cl2NO6/c1-3-7-17(26-23(29)30-12-14-8-5-4-6-9-14)21(27)32-19-11-18-15(10-16(19)24)13(2)20(25)22(28)31-18/h4-6,8-11,17H,3,7,12H2,1-2H3,(H,26,29)/t17-/m1/s1. The summed E-state index contributed by atoms with van der Waals surface area (Å²) in [5.74, 6) is -0.729. The molecule has 0 radical (unpaired) electrons. The number of aryl methyl sites for hydroxylation is 1. The average Bonchev–Trinajstić information content (AvgIpc) is 2.78. The van der Waals surface area contributed by atoms with Crippen LogP contribution >= 0.6 is 23.2 Å². The molecule has 1 aromatic heterocycles. The number of hydrogen-bond donors (Lipinski definition) is 1. The molecule has 3 aromatic rings. The topological polar surface area (TPSA) is 94.8 Å². The SMILES string of the molecule is CCC[C@@H](NC(=O)OCc1ccccc1)C(=O)Oc1cc2oc(=O)c(Cl)c(C)c2cc1Cl. The van der Waals surface area contributed by atoms with E-state index in [1.54, 1.807) is 6.92 Å². The number of amides is 1. The van der Waals surface area contributed by atoms with Gasteiger partial charge in [0.25, 0.3) is 0 Å². The highest BCUT2D eigenvalue weighted by Gasteiger charge is 2.24. The van der Waals surface area contributed by atoms with Crippen molar-refractivity contribution < 1.29 is 23.5 Å². The Kier molecular flexibility index (Phi) is 7.77. The van der Waals surface area contributed by atoms with Crippen molar-refractivity contribution >= 4 is 46.2 Å². The van der Waals surface area contributed by atoms with E-state index >= 15 is 0 Å². The number of nitrogens with one attached hydrogen (secondary N) is 1. The van der Waals surface area contributed by atoms with Crippen molar-refractivity contribution in [1.82, 2.24) is 5.32 Å². The Balaban J connectivity index is 1.73. The predicted octanol–water partition coefficient (Wildman–Crippen LogP) is 5.41. The van der Waals surface area contributed by atoms with E-state index in [-0.39, 0.29) is 28.0 Å². The molecule has 1 heterocycles. The zero-order valence-corrected chi connectivity index (χ0v) is 19.0. The van der Waals surface area contributed by atoms with Gasteiger partial charge in [-0.15, -0.1) is 0 Å². The first-order chi connectivity index (χ1) is 15.3. The van der Waals surface area contributed by atoms with E-state index in [1.165, 1.54) is 12.1 Å². The Morgan fingerprint density at radius 2 is 1.88 bits per heavy atom. The van der Waals surface area contributed by atoms with Crippen molar-refractivity contribution in [3.63, 3.8) is 0 Å². The molecule has 0 saturated heterocycles. The van der Waals surface area contributed by atoms with E-state index in [0.29, 0.717) is 23.8 Å². The van der Waals surface area contributed by atoms with Crippen LogP contribution in [0.15, 0.2) is 51.7 Å². The first-order valence-electron chi connectivity index (χ1n) is 9.91. The number of rotatable bonds is 7. The Hall–Kier alpha value is -3.03. The molecule has 9 heteroatoms. The van der Waals surface area contributed by atoms with E-state index in [2.05, 4.69) is 5.32 Å². The van der Waals surface area contributed by atoms with Crippen LogP contribution < -0.4 is 15.7 Å². The lowest BCUT2D eigenvalue weighted by molar-refractivity contribution is -0.136. The Bertz CT molecular complexity index is 1190. The molecule has 0 aliphatic carbocycles. The lowest BCUT2D eigenvalue weighted by Crippen LogP contribution is -2.43. The molecule has 3 rings (SSSR count). The highest BCUT2D eigenvalue weighted by molar-refractivity contribution is 6.34. The number of alkyl carbamates (subject to hydrolysis) is 1. The van der Waals surface area contributed by atoms with E-state index in [1.807, 2.05) is 37.3 Å². The maximum atomic E-state index is 12.7. The van der Waals surface area contributed by atoms with Crippen LogP contribution in [0.5, 0.6) is 5.75 Å². The van der Waals surface area contributed by atoms with Gasteiger partial charge >= 0.3 is 17.7 Å². The molecule has 1 N–H and O–H groups in total. The zero-order chi connectivity index (χ0) is 23.3. The molecule has 168 valence electrons. The predicted molar refractivity (Wildman–Crippen MR) is 121 cm³/mol. The summed E-state index contributed by atoms with van der Waals surface area (Å²) in [5, 5.41) is 3.12. The summed E-state index contributed by atoms with van der Waals surface area (Å²) >= 11 is 12.2. The third-order valence-electron chi connectivity index (χ3n) is 4.73. The molecule has 0 spiro atoms. The lowest BCUT2D eigenvalue weighted by Gasteiger charge is -2.17. The fraction of sp³-hybridized carbons (Fsp3) is 0.261. The third-order valence-corrected chi connectivity index (χ3v) is 5.46. The Morgan fingerprint density at radius 1 is 1.16 bits per heavy atom. The van der Waals surface area contributed by atoms with Gasteiger partial charge in [0.2, 0.25) is 0 Å². The summed E-state index contributed by atoms with van der Waals surface area (Å²) in [6.45, 7) is 3.59. The molecular weight excluding hydrogens is 457 g/mol. The van der Waals surface area contributed by atoms with Gasteiger partial charge in [0.1, 0.15) is 23.3 Å². The Labute approximate surface area is 194 Å². The molecule has 0 fully saturated rings. The lowest BCUT2D eigenvalue weighted by atomic mass is 10.1. The van der Waals surface area contributed by atoms with Crippen LogP contribution in [0.3, 0.4) is 0 Å². The summed E-state index contributed by atoms with van der Waals surface area (Å²) in [4.78, 5) is 36.8. The second-order valence-corrected chi connectivity index (χ2v) is 7.86. The number of hydrogen-bond acceptors (Lipinski definition) is 6. The van der Waals surface area contributed by atoms with Crippen molar-refractivity contribution in [2.75, 3.05) is 0 Å². The second kappa shape index (κ2) is 10.5. The van der Waals surface area contributed by atoms with Crippen LogP contribution in [0.2, 0.25) is 10.0 Å².